The zero-order valence-electron chi connectivity index (χ0n) is 17.4. The number of hydrogen-bond acceptors (Lipinski definition) is 6. The minimum absolute atomic E-state index is 0.0393. The summed E-state index contributed by atoms with van der Waals surface area (Å²) in [4.78, 5) is 30.9. The van der Waals surface area contributed by atoms with Crippen LogP contribution in [0.3, 0.4) is 0 Å². The van der Waals surface area contributed by atoms with Gasteiger partial charge in [-0.25, -0.2) is 9.97 Å². The predicted octanol–water partition coefficient (Wildman–Crippen LogP) is 6.93. The highest BCUT2D eigenvalue weighted by atomic mass is 35.5. The first-order chi connectivity index (χ1) is 16.4. The van der Waals surface area contributed by atoms with Gasteiger partial charge < -0.3 is 4.74 Å². The number of carbonyl (C=O) groups excluding carboxylic acids is 1. The lowest BCUT2D eigenvalue weighted by atomic mass is 10.1. The number of nitro benzene ring substituents is 1. The number of rotatable bonds is 7. The minimum Gasteiger partial charge on any atom is -0.438 e. The van der Waals surface area contributed by atoms with Gasteiger partial charge in [0, 0.05) is 11.1 Å². The van der Waals surface area contributed by atoms with Crippen molar-refractivity contribution in [2.45, 2.75) is 0 Å². The van der Waals surface area contributed by atoms with Crippen LogP contribution in [0.1, 0.15) is 11.1 Å². The minimum atomic E-state index is -0.572. The number of hydrogen-bond donors (Lipinski definition) is 0. The van der Waals surface area contributed by atoms with Gasteiger partial charge in [0.2, 0.25) is 5.88 Å². The number of halogens is 2. The van der Waals surface area contributed by atoms with E-state index in [9.17, 15) is 14.9 Å². The Morgan fingerprint density at radius 2 is 1.62 bits per heavy atom. The van der Waals surface area contributed by atoms with Crippen molar-refractivity contribution in [3.8, 4) is 11.6 Å². The number of ketones is 1. The molecule has 0 N–H and O–H groups in total. The molecule has 0 radical (unpaired) electrons. The van der Waals surface area contributed by atoms with Crippen LogP contribution in [0.4, 0.5) is 5.69 Å². The van der Waals surface area contributed by atoms with E-state index in [2.05, 4.69) is 9.97 Å². The Bertz CT molecular complexity index is 1450. The van der Waals surface area contributed by atoms with Crippen molar-refractivity contribution < 1.29 is 14.5 Å². The maximum Gasteiger partial charge on any atom is 0.288 e. The molecule has 0 saturated heterocycles. The number of carbonyl (C=O) groups is 1. The van der Waals surface area contributed by atoms with Gasteiger partial charge in [-0.3, -0.25) is 14.9 Å². The van der Waals surface area contributed by atoms with E-state index in [4.69, 9.17) is 27.9 Å². The number of nitro groups is 1. The Labute approximate surface area is 204 Å². The highest BCUT2D eigenvalue weighted by Gasteiger charge is 2.11. The van der Waals surface area contributed by atoms with E-state index in [1.807, 2.05) is 0 Å². The van der Waals surface area contributed by atoms with Crippen molar-refractivity contribution in [1.29, 1.82) is 0 Å². The second kappa shape index (κ2) is 10.2. The van der Waals surface area contributed by atoms with Gasteiger partial charge in [-0.15, -0.1) is 0 Å². The molecular weight excluding hydrogens is 477 g/mol. The van der Waals surface area contributed by atoms with E-state index in [-0.39, 0.29) is 16.5 Å². The summed E-state index contributed by atoms with van der Waals surface area (Å²) >= 11 is 11.9. The Hall–Kier alpha value is -4.07. The predicted molar refractivity (Wildman–Crippen MR) is 132 cm³/mol. The van der Waals surface area contributed by atoms with Crippen LogP contribution in [0.5, 0.6) is 11.6 Å². The molecule has 1 aromatic heterocycles. The summed E-state index contributed by atoms with van der Waals surface area (Å²) in [5, 5.41) is 12.3. The van der Waals surface area contributed by atoms with Crippen LogP contribution < -0.4 is 4.74 Å². The molecular formula is C25H15Cl2N3O4. The average Bonchev–Trinajstić information content (AvgIpc) is 2.83. The van der Waals surface area contributed by atoms with Crippen molar-refractivity contribution in [3.63, 3.8) is 0 Å². The van der Waals surface area contributed by atoms with E-state index >= 15 is 0 Å². The molecule has 7 nitrogen and oxygen atoms in total. The van der Waals surface area contributed by atoms with E-state index < -0.39 is 4.92 Å². The van der Waals surface area contributed by atoms with Crippen LogP contribution in [-0.4, -0.2) is 20.7 Å². The van der Waals surface area contributed by atoms with Gasteiger partial charge in [0.05, 0.1) is 15.8 Å². The Balaban J connectivity index is 1.42. The van der Waals surface area contributed by atoms with E-state index in [0.717, 1.165) is 5.56 Å². The summed E-state index contributed by atoms with van der Waals surface area (Å²) in [6.07, 6.45) is 7.29. The summed E-state index contributed by atoms with van der Waals surface area (Å²) < 4.78 is 5.88. The molecule has 9 heteroatoms. The standard InChI is InChI=1S/C25H15Cl2N3O4/c26-18-6-12-23-21(14-18)25(29-15-28-23)34-20-9-3-16(4-10-20)1-7-19(31)8-2-17-5-11-22(27)24(13-17)30(32)33/h1-15H/b7-1+,8-2+. The number of fused-ring (bicyclic) bond motifs is 1. The van der Waals surface area contributed by atoms with Crippen molar-refractivity contribution in [3.05, 3.63) is 110 Å². The second-order valence-electron chi connectivity index (χ2n) is 7.05. The van der Waals surface area contributed by atoms with E-state index in [1.165, 1.54) is 36.7 Å². The number of nitrogens with zero attached hydrogens (tertiary/aromatic N) is 3. The molecule has 1 heterocycles. The van der Waals surface area contributed by atoms with Crippen LogP contribution in [0.25, 0.3) is 23.1 Å². The van der Waals surface area contributed by atoms with Crippen LogP contribution in [0.2, 0.25) is 10.0 Å². The topological polar surface area (TPSA) is 95.2 Å². The summed E-state index contributed by atoms with van der Waals surface area (Å²) in [6.45, 7) is 0. The molecule has 34 heavy (non-hydrogen) atoms. The van der Waals surface area contributed by atoms with Crippen LogP contribution >= 0.6 is 23.2 Å². The molecule has 4 rings (SSSR count). The molecule has 3 aromatic carbocycles. The molecule has 0 aliphatic heterocycles. The number of aromatic nitrogens is 2. The lowest BCUT2D eigenvalue weighted by Gasteiger charge is -2.07. The summed E-state index contributed by atoms with van der Waals surface area (Å²) in [5.41, 5.74) is 1.78. The highest BCUT2D eigenvalue weighted by molar-refractivity contribution is 6.32. The Morgan fingerprint density at radius 3 is 2.35 bits per heavy atom. The monoisotopic (exact) mass is 491 g/mol. The molecule has 4 aromatic rings. The molecule has 0 aliphatic carbocycles. The molecule has 0 bridgehead atoms. The van der Waals surface area contributed by atoms with Gasteiger partial charge in [0.25, 0.3) is 5.69 Å². The summed E-state index contributed by atoms with van der Waals surface area (Å²) in [7, 11) is 0. The third-order valence-electron chi connectivity index (χ3n) is 4.70. The largest absolute Gasteiger partial charge is 0.438 e. The third-order valence-corrected chi connectivity index (χ3v) is 5.26. The smallest absolute Gasteiger partial charge is 0.288 e. The maximum atomic E-state index is 12.2. The molecule has 0 amide bonds. The first-order valence-electron chi connectivity index (χ1n) is 9.91. The number of benzene rings is 3. The zero-order valence-corrected chi connectivity index (χ0v) is 18.9. The van der Waals surface area contributed by atoms with E-state index in [1.54, 1.807) is 54.6 Å². The van der Waals surface area contributed by atoms with Gasteiger partial charge in [0.15, 0.2) is 5.78 Å². The van der Waals surface area contributed by atoms with Crippen molar-refractivity contribution in [2.75, 3.05) is 0 Å². The summed E-state index contributed by atoms with van der Waals surface area (Å²) in [6, 6.07) is 16.7. The molecule has 168 valence electrons. The van der Waals surface area contributed by atoms with Gasteiger partial charge in [-0.05, 0) is 59.7 Å². The fourth-order valence-corrected chi connectivity index (χ4v) is 3.39. The van der Waals surface area contributed by atoms with Crippen LogP contribution in [0.15, 0.2) is 79.1 Å². The second-order valence-corrected chi connectivity index (χ2v) is 7.89. The van der Waals surface area contributed by atoms with Crippen molar-refractivity contribution in [2.24, 2.45) is 0 Å². The molecule has 0 fully saturated rings. The van der Waals surface area contributed by atoms with Gasteiger partial charge in [0.1, 0.15) is 17.1 Å². The number of ether oxygens (including phenoxy) is 1. The van der Waals surface area contributed by atoms with Gasteiger partial charge in [-0.1, -0.05) is 53.6 Å². The Morgan fingerprint density at radius 1 is 0.912 bits per heavy atom. The first-order valence-corrected chi connectivity index (χ1v) is 10.7. The average molecular weight is 492 g/mol. The summed E-state index contributed by atoms with van der Waals surface area (Å²) in [5.74, 6) is 0.675. The first kappa shape index (κ1) is 23.1. The lowest BCUT2D eigenvalue weighted by Crippen LogP contribution is -1.91. The van der Waals surface area contributed by atoms with Crippen molar-refractivity contribution in [1.82, 2.24) is 9.97 Å². The van der Waals surface area contributed by atoms with Crippen LogP contribution in [0, 0.1) is 10.1 Å². The van der Waals surface area contributed by atoms with E-state index in [0.29, 0.717) is 33.1 Å². The van der Waals surface area contributed by atoms with Crippen molar-refractivity contribution >= 4 is 57.7 Å². The zero-order chi connectivity index (χ0) is 24.1. The molecule has 0 saturated carbocycles. The highest BCUT2D eigenvalue weighted by Crippen LogP contribution is 2.29. The molecule has 0 unspecified atom stereocenters. The Kier molecular flexibility index (Phi) is 6.96. The lowest BCUT2D eigenvalue weighted by molar-refractivity contribution is -0.384. The van der Waals surface area contributed by atoms with Crippen LogP contribution in [-0.2, 0) is 4.79 Å². The van der Waals surface area contributed by atoms with Gasteiger partial charge >= 0.3 is 0 Å². The maximum absolute atomic E-state index is 12.2. The normalized spacial score (nSPS) is 11.4. The van der Waals surface area contributed by atoms with Gasteiger partial charge in [-0.2, -0.15) is 0 Å². The SMILES string of the molecule is O=C(/C=C/c1ccc(Oc2ncnc3ccc(Cl)cc23)cc1)/C=C/c1ccc(Cl)c([N+](=O)[O-])c1. The molecule has 0 aliphatic rings. The quantitative estimate of drug-likeness (QED) is 0.158. The fraction of sp³-hybridized carbons (Fsp3) is 0. The fourth-order valence-electron chi connectivity index (χ4n) is 3.03. The molecule has 0 atom stereocenters. The molecule has 0 spiro atoms. The third kappa shape index (κ3) is 5.64. The number of allylic oxidation sites excluding steroid dienone is 2.